The minimum atomic E-state index is -0.802. The molecule has 9 heteroatoms. The summed E-state index contributed by atoms with van der Waals surface area (Å²) in [6.45, 7) is 2.24. The molecule has 2 amide bonds. The minimum Gasteiger partial charge on any atom is -0.454 e. The van der Waals surface area contributed by atoms with E-state index >= 15 is 0 Å². The summed E-state index contributed by atoms with van der Waals surface area (Å²) in [5.74, 6) is 0.643. The first-order valence-corrected chi connectivity index (χ1v) is 12.4. The van der Waals surface area contributed by atoms with Crippen LogP contribution in [0.2, 0.25) is 0 Å². The first-order chi connectivity index (χ1) is 17.6. The Hall–Kier alpha value is -4.24. The second-order valence-corrected chi connectivity index (χ2v) is 9.21. The summed E-state index contributed by atoms with van der Waals surface area (Å²) in [6, 6.07) is 21.6. The minimum absolute atomic E-state index is 0.188. The van der Waals surface area contributed by atoms with Gasteiger partial charge in [0.2, 0.25) is 17.8 Å². The third-order valence-electron chi connectivity index (χ3n) is 5.80. The number of ether oxygens (including phenoxy) is 2. The predicted octanol–water partition coefficient (Wildman–Crippen LogP) is 4.48. The molecule has 5 rings (SSSR count). The summed E-state index contributed by atoms with van der Waals surface area (Å²) < 4.78 is 10.8. The molecule has 0 aliphatic carbocycles. The second kappa shape index (κ2) is 10.6. The number of hydrogen-bond acceptors (Lipinski definition) is 7. The van der Waals surface area contributed by atoms with E-state index in [0.717, 1.165) is 23.1 Å². The van der Waals surface area contributed by atoms with Crippen molar-refractivity contribution < 1.29 is 19.1 Å². The van der Waals surface area contributed by atoms with Crippen molar-refractivity contribution in [3.63, 3.8) is 0 Å². The molecule has 1 aliphatic rings. The van der Waals surface area contributed by atoms with Crippen molar-refractivity contribution in [2.45, 2.75) is 25.8 Å². The van der Waals surface area contributed by atoms with E-state index in [1.807, 2.05) is 60.7 Å². The van der Waals surface area contributed by atoms with Gasteiger partial charge in [-0.3, -0.25) is 14.9 Å². The highest BCUT2D eigenvalue weighted by molar-refractivity contribution is 7.18. The Kier molecular flexibility index (Phi) is 6.90. The van der Waals surface area contributed by atoms with Gasteiger partial charge in [-0.25, -0.2) is 0 Å². The summed E-state index contributed by atoms with van der Waals surface area (Å²) in [5, 5.41) is 15.0. The predicted molar refractivity (Wildman–Crippen MR) is 137 cm³/mol. The van der Waals surface area contributed by atoms with E-state index in [9.17, 15) is 9.59 Å². The van der Waals surface area contributed by atoms with Crippen LogP contribution in [0.15, 0.2) is 72.8 Å². The number of anilines is 1. The summed E-state index contributed by atoms with van der Waals surface area (Å²) in [7, 11) is 0. The molecule has 2 heterocycles. The molecule has 2 N–H and O–H groups in total. The molecule has 4 aromatic rings. The molecule has 182 valence electrons. The van der Waals surface area contributed by atoms with Crippen molar-refractivity contribution in [3.8, 4) is 22.1 Å². The summed E-state index contributed by atoms with van der Waals surface area (Å²) in [4.78, 5) is 26.2. The lowest BCUT2D eigenvalue weighted by molar-refractivity contribution is -0.118. The van der Waals surface area contributed by atoms with Gasteiger partial charge < -0.3 is 14.8 Å². The van der Waals surface area contributed by atoms with Crippen LogP contribution < -0.4 is 20.1 Å². The molecule has 0 bridgehead atoms. The van der Waals surface area contributed by atoms with Gasteiger partial charge in [-0.15, -0.1) is 10.2 Å². The number of nitrogens with one attached hydrogen (secondary N) is 2. The molecule has 0 saturated heterocycles. The fourth-order valence-corrected chi connectivity index (χ4v) is 4.55. The first kappa shape index (κ1) is 23.5. The molecule has 36 heavy (non-hydrogen) atoms. The summed E-state index contributed by atoms with van der Waals surface area (Å²) in [5.41, 5.74) is 3.37. The van der Waals surface area contributed by atoms with E-state index in [-0.39, 0.29) is 18.6 Å². The number of aryl methyl sites for hydroxylation is 1. The number of benzene rings is 3. The lowest BCUT2D eigenvalue weighted by atomic mass is 10.0. The zero-order valence-corrected chi connectivity index (χ0v) is 20.4. The average molecular weight is 501 g/mol. The van der Waals surface area contributed by atoms with E-state index in [0.29, 0.717) is 33.6 Å². The Morgan fingerprint density at radius 1 is 0.944 bits per heavy atom. The van der Waals surface area contributed by atoms with Crippen LogP contribution in [0, 0.1) is 0 Å². The Labute approximate surface area is 212 Å². The molecule has 3 aromatic carbocycles. The molecule has 0 spiro atoms. The van der Waals surface area contributed by atoms with Crippen molar-refractivity contribution in [2.24, 2.45) is 0 Å². The van der Waals surface area contributed by atoms with Crippen LogP contribution in [0.3, 0.4) is 0 Å². The Balaban J connectivity index is 1.32. The molecule has 0 fully saturated rings. The van der Waals surface area contributed by atoms with Gasteiger partial charge in [0, 0.05) is 17.5 Å². The van der Waals surface area contributed by atoms with E-state index in [1.54, 1.807) is 12.1 Å². The number of carbonyl (C=O) groups excluding carboxylic acids is 2. The van der Waals surface area contributed by atoms with Crippen molar-refractivity contribution in [1.29, 1.82) is 0 Å². The van der Waals surface area contributed by atoms with Crippen molar-refractivity contribution in [1.82, 2.24) is 15.5 Å². The fraction of sp³-hybridized carbons (Fsp3) is 0.185. The molecule has 8 nitrogen and oxygen atoms in total. The molecule has 1 aliphatic heterocycles. The maximum Gasteiger partial charge on any atom is 0.251 e. The van der Waals surface area contributed by atoms with Crippen LogP contribution in [0.5, 0.6) is 11.5 Å². The van der Waals surface area contributed by atoms with Gasteiger partial charge in [0.1, 0.15) is 11.0 Å². The number of carbonyl (C=O) groups is 2. The van der Waals surface area contributed by atoms with Crippen molar-refractivity contribution in [2.75, 3.05) is 12.1 Å². The van der Waals surface area contributed by atoms with Gasteiger partial charge in [0.15, 0.2) is 11.5 Å². The highest BCUT2D eigenvalue weighted by atomic mass is 32.1. The van der Waals surface area contributed by atoms with E-state index in [1.165, 1.54) is 11.3 Å². The molecule has 0 unspecified atom stereocenters. The molecule has 1 aromatic heterocycles. The zero-order chi connectivity index (χ0) is 24.9. The average Bonchev–Trinajstić information content (AvgIpc) is 3.58. The Morgan fingerprint density at radius 2 is 1.72 bits per heavy atom. The summed E-state index contributed by atoms with van der Waals surface area (Å²) in [6.07, 6.45) is 1.22. The number of nitrogens with zero attached hydrogens (tertiary/aromatic N) is 2. The van der Waals surface area contributed by atoms with Gasteiger partial charge in [0.05, 0.1) is 0 Å². The van der Waals surface area contributed by atoms with E-state index in [2.05, 4.69) is 27.8 Å². The number of aromatic nitrogens is 2. The smallest absolute Gasteiger partial charge is 0.251 e. The third-order valence-corrected chi connectivity index (χ3v) is 6.69. The standard InChI is InChI=1S/C27H24N4O4S/c1-2-17-8-10-19(11-9-17)24(32)28-21(14-18-6-4-3-5-7-18)25(33)29-27-31-30-26(36-27)20-12-13-22-23(15-20)35-16-34-22/h3-13,15,21H,2,14,16H2,1H3,(H,28,32)(H,29,31,33)/t21-/m1/s1. The van der Waals surface area contributed by atoms with Crippen LogP contribution in [0.25, 0.3) is 10.6 Å². The maximum absolute atomic E-state index is 13.3. The van der Waals surface area contributed by atoms with Crippen LogP contribution in [-0.2, 0) is 17.6 Å². The normalized spacial score (nSPS) is 12.7. The first-order valence-electron chi connectivity index (χ1n) is 11.6. The van der Waals surface area contributed by atoms with Gasteiger partial charge in [-0.1, -0.05) is 60.7 Å². The Morgan fingerprint density at radius 3 is 2.50 bits per heavy atom. The van der Waals surface area contributed by atoms with Gasteiger partial charge in [0.25, 0.3) is 5.91 Å². The highest BCUT2D eigenvalue weighted by Crippen LogP contribution is 2.37. The topological polar surface area (TPSA) is 102 Å². The van der Waals surface area contributed by atoms with Gasteiger partial charge in [-0.05, 0) is 47.9 Å². The van der Waals surface area contributed by atoms with Gasteiger partial charge in [-0.2, -0.15) is 0 Å². The summed E-state index contributed by atoms with van der Waals surface area (Å²) >= 11 is 1.24. The van der Waals surface area contributed by atoms with Crippen LogP contribution >= 0.6 is 11.3 Å². The molecular weight excluding hydrogens is 476 g/mol. The van der Waals surface area contributed by atoms with E-state index in [4.69, 9.17) is 9.47 Å². The largest absolute Gasteiger partial charge is 0.454 e. The highest BCUT2D eigenvalue weighted by Gasteiger charge is 2.24. The van der Waals surface area contributed by atoms with Crippen LogP contribution in [0.1, 0.15) is 28.4 Å². The Bertz CT molecular complexity index is 1370. The zero-order valence-electron chi connectivity index (χ0n) is 19.6. The SMILES string of the molecule is CCc1ccc(C(=O)N[C@H](Cc2ccccc2)C(=O)Nc2nnc(-c3ccc4c(c3)OCO4)s2)cc1. The van der Waals surface area contributed by atoms with Crippen LogP contribution in [0.4, 0.5) is 5.13 Å². The number of fused-ring (bicyclic) bond motifs is 1. The molecule has 1 atom stereocenters. The fourth-order valence-electron chi connectivity index (χ4n) is 3.80. The van der Waals surface area contributed by atoms with Crippen molar-refractivity contribution in [3.05, 3.63) is 89.5 Å². The number of hydrogen-bond donors (Lipinski definition) is 2. The van der Waals surface area contributed by atoms with E-state index < -0.39 is 6.04 Å². The lowest BCUT2D eigenvalue weighted by Gasteiger charge is -2.18. The van der Waals surface area contributed by atoms with Crippen molar-refractivity contribution >= 4 is 28.3 Å². The number of amides is 2. The van der Waals surface area contributed by atoms with Gasteiger partial charge >= 0.3 is 0 Å². The monoisotopic (exact) mass is 500 g/mol. The quantitative estimate of drug-likeness (QED) is 0.370. The lowest BCUT2D eigenvalue weighted by Crippen LogP contribution is -2.45. The molecular formula is C27H24N4O4S. The van der Waals surface area contributed by atoms with Crippen LogP contribution in [-0.4, -0.2) is 34.8 Å². The maximum atomic E-state index is 13.3. The second-order valence-electron chi connectivity index (χ2n) is 8.24. The number of rotatable bonds is 8. The molecule has 0 radical (unpaired) electrons. The third kappa shape index (κ3) is 5.36. The molecule has 0 saturated carbocycles.